The number of aromatic nitrogens is 1. The molecule has 1 aromatic rings. The third-order valence-corrected chi connectivity index (χ3v) is 2.69. The van der Waals surface area contributed by atoms with Crippen LogP contribution in [0.4, 0.5) is 0 Å². The quantitative estimate of drug-likeness (QED) is 0.571. The Morgan fingerprint density at radius 2 is 2.10 bits per heavy atom. The molecule has 0 aromatic carbocycles. The van der Waals surface area contributed by atoms with E-state index in [1.165, 1.54) is 0 Å². The van der Waals surface area contributed by atoms with Gasteiger partial charge < -0.3 is 9.64 Å². The first-order valence-corrected chi connectivity index (χ1v) is 7.02. The fraction of sp³-hybridized carbons (Fsp3) is 0.438. The SMILES string of the molecule is CCOC(=O)CCN(Cc1ccccn1)C(=O)C=C(C)C. The Bertz CT molecular complexity index is 494. The van der Waals surface area contributed by atoms with E-state index < -0.39 is 0 Å². The summed E-state index contributed by atoms with van der Waals surface area (Å²) in [6, 6.07) is 5.55. The van der Waals surface area contributed by atoms with Gasteiger partial charge >= 0.3 is 5.97 Å². The van der Waals surface area contributed by atoms with Crippen LogP contribution in [0.25, 0.3) is 0 Å². The number of hydrogen-bond donors (Lipinski definition) is 0. The van der Waals surface area contributed by atoms with Gasteiger partial charge in [0.1, 0.15) is 0 Å². The van der Waals surface area contributed by atoms with Crippen molar-refractivity contribution in [2.75, 3.05) is 13.2 Å². The van der Waals surface area contributed by atoms with Crippen molar-refractivity contribution in [1.82, 2.24) is 9.88 Å². The molecule has 0 saturated carbocycles. The number of esters is 1. The number of amides is 1. The summed E-state index contributed by atoms with van der Waals surface area (Å²) < 4.78 is 4.90. The first kappa shape index (κ1) is 16.9. The Balaban J connectivity index is 2.72. The molecule has 0 bridgehead atoms. The molecule has 1 heterocycles. The lowest BCUT2D eigenvalue weighted by Gasteiger charge is -2.20. The first-order chi connectivity index (χ1) is 10.0. The van der Waals surface area contributed by atoms with E-state index in [1.807, 2.05) is 32.0 Å². The molecular formula is C16H22N2O3. The molecule has 5 heteroatoms. The average Bonchev–Trinajstić information content (AvgIpc) is 2.44. The van der Waals surface area contributed by atoms with Crippen molar-refractivity contribution in [2.45, 2.75) is 33.7 Å². The van der Waals surface area contributed by atoms with E-state index in [0.717, 1.165) is 11.3 Å². The minimum absolute atomic E-state index is 0.120. The number of carbonyl (C=O) groups is 2. The molecule has 1 rings (SSSR count). The molecule has 21 heavy (non-hydrogen) atoms. The molecule has 114 valence electrons. The minimum Gasteiger partial charge on any atom is -0.466 e. The second kappa shape index (κ2) is 8.89. The van der Waals surface area contributed by atoms with Gasteiger partial charge in [0.2, 0.25) is 5.91 Å². The number of rotatable bonds is 7. The van der Waals surface area contributed by atoms with E-state index in [9.17, 15) is 9.59 Å². The molecule has 0 unspecified atom stereocenters. The minimum atomic E-state index is -0.298. The number of carbonyl (C=O) groups excluding carboxylic acids is 2. The normalized spacial score (nSPS) is 9.86. The Kier molecular flexibility index (Phi) is 7.15. The van der Waals surface area contributed by atoms with Crippen molar-refractivity contribution in [1.29, 1.82) is 0 Å². The maximum absolute atomic E-state index is 12.2. The van der Waals surface area contributed by atoms with Gasteiger partial charge in [0.25, 0.3) is 0 Å². The third-order valence-electron chi connectivity index (χ3n) is 2.69. The molecule has 0 spiro atoms. The zero-order valence-electron chi connectivity index (χ0n) is 12.8. The highest BCUT2D eigenvalue weighted by molar-refractivity contribution is 5.88. The van der Waals surface area contributed by atoms with Gasteiger partial charge in [0.05, 0.1) is 25.3 Å². The smallest absolute Gasteiger partial charge is 0.307 e. The Hall–Kier alpha value is -2.17. The van der Waals surface area contributed by atoms with Gasteiger partial charge in [-0.3, -0.25) is 14.6 Å². The molecule has 0 fully saturated rings. The Labute approximate surface area is 125 Å². The number of ether oxygens (including phenoxy) is 1. The number of allylic oxidation sites excluding steroid dienone is 1. The van der Waals surface area contributed by atoms with Crippen LogP contribution in [0.3, 0.4) is 0 Å². The first-order valence-electron chi connectivity index (χ1n) is 7.02. The summed E-state index contributed by atoms with van der Waals surface area (Å²) >= 11 is 0. The molecule has 0 N–H and O–H groups in total. The third kappa shape index (κ3) is 6.70. The lowest BCUT2D eigenvalue weighted by molar-refractivity contribution is -0.143. The molecule has 0 radical (unpaired) electrons. The molecule has 1 amide bonds. The van der Waals surface area contributed by atoms with Crippen molar-refractivity contribution in [3.05, 3.63) is 41.7 Å². The van der Waals surface area contributed by atoms with Crippen molar-refractivity contribution >= 4 is 11.9 Å². The van der Waals surface area contributed by atoms with Crippen LogP contribution in [-0.2, 0) is 20.9 Å². The Morgan fingerprint density at radius 3 is 2.67 bits per heavy atom. The molecular weight excluding hydrogens is 268 g/mol. The van der Waals surface area contributed by atoms with E-state index >= 15 is 0 Å². The lowest BCUT2D eigenvalue weighted by Crippen LogP contribution is -2.32. The average molecular weight is 290 g/mol. The highest BCUT2D eigenvalue weighted by Crippen LogP contribution is 2.05. The summed E-state index contributed by atoms with van der Waals surface area (Å²) in [7, 11) is 0. The van der Waals surface area contributed by atoms with Crippen LogP contribution in [0.1, 0.15) is 32.9 Å². The van der Waals surface area contributed by atoms with E-state index in [1.54, 1.807) is 24.1 Å². The van der Waals surface area contributed by atoms with Crippen molar-refractivity contribution in [3.8, 4) is 0 Å². The van der Waals surface area contributed by atoms with Gasteiger partial charge in [-0.1, -0.05) is 11.6 Å². The molecule has 0 saturated heterocycles. The predicted octanol–water partition coefficient (Wildman–Crippen LogP) is 2.33. The second-order valence-corrected chi connectivity index (χ2v) is 4.86. The van der Waals surface area contributed by atoms with Crippen molar-refractivity contribution in [2.24, 2.45) is 0 Å². The summed E-state index contributed by atoms with van der Waals surface area (Å²) in [6.45, 7) is 6.53. The topological polar surface area (TPSA) is 59.5 Å². The number of pyridine rings is 1. The molecule has 1 aromatic heterocycles. The molecule has 0 atom stereocenters. The van der Waals surface area contributed by atoms with Gasteiger partial charge in [-0.2, -0.15) is 0 Å². The summed E-state index contributed by atoms with van der Waals surface area (Å²) in [5.41, 5.74) is 1.71. The van der Waals surface area contributed by atoms with Crippen molar-refractivity contribution in [3.63, 3.8) is 0 Å². The van der Waals surface area contributed by atoms with Crippen LogP contribution in [0.5, 0.6) is 0 Å². The van der Waals surface area contributed by atoms with Gasteiger partial charge in [0.15, 0.2) is 0 Å². The molecule has 5 nitrogen and oxygen atoms in total. The van der Waals surface area contributed by atoms with Crippen LogP contribution < -0.4 is 0 Å². The largest absolute Gasteiger partial charge is 0.466 e. The summed E-state index contributed by atoms with van der Waals surface area (Å²) in [6.07, 6.45) is 3.43. The fourth-order valence-corrected chi connectivity index (χ4v) is 1.75. The van der Waals surface area contributed by atoms with Gasteiger partial charge in [-0.05, 0) is 32.9 Å². The van der Waals surface area contributed by atoms with Crippen LogP contribution in [0, 0.1) is 0 Å². The van der Waals surface area contributed by atoms with Gasteiger partial charge in [-0.15, -0.1) is 0 Å². The van der Waals surface area contributed by atoms with E-state index in [2.05, 4.69) is 4.98 Å². The lowest BCUT2D eigenvalue weighted by atomic mass is 10.2. The van der Waals surface area contributed by atoms with E-state index in [0.29, 0.717) is 19.7 Å². The summed E-state index contributed by atoms with van der Waals surface area (Å²) in [5.74, 6) is -0.418. The number of hydrogen-bond acceptors (Lipinski definition) is 4. The summed E-state index contributed by atoms with van der Waals surface area (Å²) in [4.78, 5) is 29.5. The van der Waals surface area contributed by atoms with Crippen LogP contribution in [-0.4, -0.2) is 34.9 Å². The van der Waals surface area contributed by atoms with E-state index in [-0.39, 0.29) is 18.3 Å². The zero-order valence-corrected chi connectivity index (χ0v) is 12.8. The van der Waals surface area contributed by atoms with Gasteiger partial charge in [-0.25, -0.2) is 0 Å². The predicted molar refractivity (Wildman–Crippen MR) is 80.3 cm³/mol. The Morgan fingerprint density at radius 1 is 1.33 bits per heavy atom. The van der Waals surface area contributed by atoms with Crippen LogP contribution in [0.2, 0.25) is 0 Å². The zero-order chi connectivity index (χ0) is 15.7. The second-order valence-electron chi connectivity index (χ2n) is 4.86. The highest BCUT2D eigenvalue weighted by Gasteiger charge is 2.14. The standard InChI is InChI=1S/C16H22N2O3/c1-4-21-16(20)8-10-18(15(19)11-13(2)3)12-14-7-5-6-9-17-14/h5-7,9,11H,4,8,10,12H2,1-3H3. The summed E-state index contributed by atoms with van der Waals surface area (Å²) in [5, 5.41) is 0. The van der Waals surface area contributed by atoms with Crippen LogP contribution >= 0.6 is 0 Å². The monoisotopic (exact) mass is 290 g/mol. The van der Waals surface area contributed by atoms with Crippen molar-refractivity contribution < 1.29 is 14.3 Å². The van der Waals surface area contributed by atoms with Crippen LogP contribution in [0.15, 0.2) is 36.0 Å². The van der Waals surface area contributed by atoms with Gasteiger partial charge in [0, 0.05) is 18.8 Å². The molecule has 0 aliphatic rings. The molecule has 0 aliphatic carbocycles. The highest BCUT2D eigenvalue weighted by atomic mass is 16.5. The van der Waals surface area contributed by atoms with E-state index in [4.69, 9.17) is 4.74 Å². The number of nitrogens with zero attached hydrogens (tertiary/aromatic N) is 2. The molecule has 0 aliphatic heterocycles. The fourth-order valence-electron chi connectivity index (χ4n) is 1.75. The maximum Gasteiger partial charge on any atom is 0.307 e. The maximum atomic E-state index is 12.2.